The number of ether oxygens (including phenoxy) is 1. The molecule has 15 heavy (non-hydrogen) atoms. The fraction of sp³-hybridized carbons (Fsp3) is 0.375. The Hall–Kier alpha value is -1.08. The molecule has 1 rings (SSSR count). The Balaban J connectivity index is 2.74. The molecule has 0 saturated heterocycles. The van der Waals surface area contributed by atoms with Crippen LogP contribution in [-0.4, -0.2) is 17.4 Å². The Morgan fingerprint density at radius 1 is 1.60 bits per heavy atom. The molecule has 0 saturated carbocycles. The van der Waals surface area contributed by atoms with Crippen molar-refractivity contribution < 1.29 is 27.8 Å². The van der Waals surface area contributed by atoms with E-state index in [1.165, 1.54) is 6.07 Å². The van der Waals surface area contributed by atoms with E-state index in [4.69, 9.17) is 5.11 Å². The second-order valence-electron chi connectivity index (χ2n) is 2.73. The molecule has 0 aliphatic carbocycles. The van der Waals surface area contributed by atoms with Crippen LogP contribution >= 0.6 is 11.3 Å². The van der Waals surface area contributed by atoms with Crippen molar-refractivity contribution in [3.05, 3.63) is 21.4 Å². The summed E-state index contributed by atoms with van der Waals surface area (Å²) in [5.74, 6) is -1.15. The molecular weight excluding hydrogens is 233 g/mol. The quantitative estimate of drug-likeness (QED) is 0.883. The normalized spacial score (nSPS) is 11.7. The smallest absolute Gasteiger partial charge is 0.477 e. The van der Waals surface area contributed by atoms with Gasteiger partial charge < -0.3 is 5.11 Å². The number of carboxylic acid groups (broad SMARTS) is 1. The van der Waals surface area contributed by atoms with Crippen molar-refractivity contribution in [3.63, 3.8) is 0 Å². The molecule has 0 fully saturated rings. The molecule has 0 radical (unpaired) electrons. The lowest BCUT2D eigenvalue weighted by molar-refractivity contribution is -0.330. The molecule has 0 atom stereocenters. The standard InChI is InChI=1S/C8H7F3O3S/c1-4-5(3-14-8(9,10)11)2-6(15-4)7(12)13/h2H,3H2,1H3,(H,12,13). The van der Waals surface area contributed by atoms with Crippen molar-refractivity contribution in [3.8, 4) is 0 Å². The summed E-state index contributed by atoms with van der Waals surface area (Å²) in [6.45, 7) is 0.894. The van der Waals surface area contributed by atoms with Gasteiger partial charge in [-0.3, -0.25) is 4.74 Å². The molecule has 0 spiro atoms. The number of halogens is 3. The molecule has 0 aromatic carbocycles. The van der Waals surface area contributed by atoms with E-state index in [0.717, 1.165) is 11.3 Å². The summed E-state index contributed by atoms with van der Waals surface area (Å²) in [4.78, 5) is 11.0. The summed E-state index contributed by atoms with van der Waals surface area (Å²) >= 11 is 0.926. The van der Waals surface area contributed by atoms with Crippen LogP contribution in [-0.2, 0) is 11.3 Å². The van der Waals surface area contributed by atoms with Gasteiger partial charge in [0, 0.05) is 4.88 Å². The fourth-order valence-corrected chi connectivity index (χ4v) is 1.80. The van der Waals surface area contributed by atoms with Crippen LogP contribution in [0.5, 0.6) is 0 Å². The number of hydrogen-bond acceptors (Lipinski definition) is 3. The first-order valence-corrected chi connectivity index (χ1v) is 4.64. The Morgan fingerprint density at radius 2 is 2.20 bits per heavy atom. The Morgan fingerprint density at radius 3 is 2.60 bits per heavy atom. The molecule has 7 heteroatoms. The van der Waals surface area contributed by atoms with Gasteiger partial charge >= 0.3 is 12.3 Å². The van der Waals surface area contributed by atoms with Crippen molar-refractivity contribution >= 4 is 17.3 Å². The highest BCUT2D eigenvalue weighted by molar-refractivity contribution is 7.14. The summed E-state index contributed by atoms with van der Waals surface area (Å²) in [5, 5.41) is 8.60. The van der Waals surface area contributed by atoms with Gasteiger partial charge in [-0.15, -0.1) is 24.5 Å². The summed E-state index contributed by atoms with van der Waals surface area (Å²) in [5.41, 5.74) is 0.245. The van der Waals surface area contributed by atoms with Crippen molar-refractivity contribution in [2.45, 2.75) is 19.9 Å². The average molecular weight is 240 g/mol. The second kappa shape index (κ2) is 4.19. The minimum absolute atomic E-state index is 0.00766. The number of rotatable bonds is 3. The van der Waals surface area contributed by atoms with Crippen LogP contribution in [0.25, 0.3) is 0 Å². The minimum Gasteiger partial charge on any atom is -0.477 e. The molecule has 1 aromatic rings. The van der Waals surface area contributed by atoms with Gasteiger partial charge in [0.15, 0.2) is 0 Å². The van der Waals surface area contributed by atoms with E-state index >= 15 is 0 Å². The maximum Gasteiger partial charge on any atom is 0.522 e. The van der Waals surface area contributed by atoms with Crippen LogP contribution in [0.3, 0.4) is 0 Å². The highest BCUT2D eigenvalue weighted by Gasteiger charge is 2.29. The third-order valence-electron chi connectivity index (χ3n) is 1.62. The number of carbonyl (C=O) groups is 1. The van der Waals surface area contributed by atoms with Gasteiger partial charge in [0.25, 0.3) is 0 Å². The van der Waals surface area contributed by atoms with Gasteiger partial charge in [-0.05, 0) is 18.6 Å². The molecule has 0 bridgehead atoms. The SMILES string of the molecule is Cc1sc(C(=O)O)cc1COC(F)(F)F. The van der Waals surface area contributed by atoms with E-state index in [-0.39, 0.29) is 10.4 Å². The summed E-state index contributed by atoms with van der Waals surface area (Å²) < 4.78 is 38.7. The zero-order valence-corrected chi connectivity index (χ0v) is 8.41. The third kappa shape index (κ3) is 3.52. The lowest BCUT2D eigenvalue weighted by Crippen LogP contribution is -2.12. The number of carboxylic acids is 1. The van der Waals surface area contributed by atoms with E-state index in [1.54, 1.807) is 6.92 Å². The van der Waals surface area contributed by atoms with Crippen LogP contribution in [0.15, 0.2) is 6.07 Å². The van der Waals surface area contributed by atoms with Crippen LogP contribution in [0.2, 0.25) is 0 Å². The van der Waals surface area contributed by atoms with E-state index in [9.17, 15) is 18.0 Å². The summed E-state index contributed by atoms with van der Waals surface area (Å²) in [6, 6.07) is 1.19. The van der Waals surface area contributed by atoms with Gasteiger partial charge in [-0.1, -0.05) is 0 Å². The maximum atomic E-state index is 11.7. The van der Waals surface area contributed by atoms with Crippen molar-refractivity contribution in [2.75, 3.05) is 0 Å². The van der Waals surface area contributed by atoms with Crippen LogP contribution in [0.1, 0.15) is 20.1 Å². The molecule has 84 valence electrons. The highest BCUT2D eigenvalue weighted by Crippen LogP contribution is 2.25. The Labute approximate surface area is 87.1 Å². The Bertz CT molecular complexity index is 370. The van der Waals surface area contributed by atoms with E-state index < -0.39 is 18.9 Å². The largest absolute Gasteiger partial charge is 0.522 e. The van der Waals surface area contributed by atoms with Crippen LogP contribution in [0.4, 0.5) is 13.2 Å². The van der Waals surface area contributed by atoms with Gasteiger partial charge in [-0.25, -0.2) is 4.79 Å². The summed E-state index contributed by atoms with van der Waals surface area (Å²) in [6.07, 6.45) is -4.70. The molecule has 3 nitrogen and oxygen atoms in total. The first-order chi connectivity index (χ1) is 6.79. The number of aryl methyl sites for hydroxylation is 1. The number of alkyl halides is 3. The fourth-order valence-electron chi connectivity index (χ4n) is 0.928. The number of aromatic carboxylic acids is 1. The lowest BCUT2D eigenvalue weighted by atomic mass is 10.2. The summed E-state index contributed by atoms with van der Waals surface area (Å²) in [7, 11) is 0. The molecule has 0 aliphatic rings. The predicted octanol–water partition coefficient (Wildman–Crippen LogP) is 2.79. The lowest BCUT2D eigenvalue weighted by Gasteiger charge is -2.06. The van der Waals surface area contributed by atoms with E-state index in [1.807, 2.05) is 0 Å². The predicted molar refractivity (Wildman–Crippen MR) is 46.9 cm³/mol. The average Bonchev–Trinajstić information content (AvgIpc) is 2.42. The molecule has 0 amide bonds. The first-order valence-electron chi connectivity index (χ1n) is 3.83. The van der Waals surface area contributed by atoms with Gasteiger partial charge in [0.2, 0.25) is 0 Å². The molecule has 1 heterocycles. The van der Waals surface area contributed by atoms with Crippen molar-refractivity contribution in [1.82, 2.24) is 0 Å². The second-order valence-corrected chi connectivity index (χ2v) is 3.99. The van der Waals surface area contributed by atoms with Gasteiger partial charge in [-0.2, -0.15) is 0 Å². The topological polar surface area (TPSA) is 46.5 Å². The third-order valence-corrected chi connectivity index (χ3v) is 2.70. The zero-order chi connectivity index (χ0) is 11.6. The van der Waals surface area contributed by atoms with E-state index in [0.29, 0.717) is 4.88 Å². The molecule has 0 unspecified atom stereocenters. The number of hydrogen-bond donors (Lipinski definition) is 1. The molecule has 0 aliphatic heterocycles. The van der Waals surface area contributed by atoms with Crippen molar-refractivity contribution in [2.24, 2.45) is 0 Å². The minimum atomic E-state index is -4.70. The van der Waals surface area contributed by atoms with Gasteiger partial charge in [0.05, 0.1) is 6.61 Å². The van der Waals surface area contributed by atoms with Crippen LogP contribution in [0, 0.1) is 6.92 Å². The molecule has 1 N–H and O–H groups in total. The Kier molecular flexibility index (Phi) is 3.35. The highest BCUT2D eigenvalue weighted by atomic mass is 32.1. The molecule has 1 aromatic heterocycles. The zero-order valence-electron chi connectivity index (χ0n) is 7.59. The monoisotopic (exact) mass is 240 g/mol. The first kappa shape index (κ1) is 12.0. The van der Waals surface area contributed by atoms with Crippen LogP contribution < -0.4 is 0 Å². The van der Waals surface area contributed by atoms with E-state index in [2.05, 4.69) is 4.74 Å². The van der Waals surface area contributed by atoms with Crippen molar-refractivity contribution in [1.29, 1.82) is 0 Å². The maximum absolute atomic E-state index is 11.7. The van der Waals surface area contributed by atoms with Gasteiger partial charge in [0.1, 0.15) is 4.88 Å². The number of thiophene rings is 1. The molecular formula is C8H7F3O3S.